The van der Waals surface area contributed by atoms with Gasteiger partial charge in [0.15, 0.2) is 0 Å². The fourth-order valence-corrected chi connectivity index (χ4v) is 2.58. The van der Waals surface area contributed by atoms with Crippen molar-refractivity contribution in [3.63, 3.8) is 0 Å². The van der Waals surface area contributed by atoms with Crippen LogP contribution in [0.3, 0.4) is 0 Å². The largest absolute Gasteiger partial charge is 0.493 e. The number of hydrogen-bond donors (Lipinski definition) is 0. The molecule has 1 aliphatic rings. The van der Waals surface area contributed by atoms with Gasteiger partial charge in [-0.1, -0.05) is 12.1 Å². The van der Waals surface area contributed by atoms with E-state index in [0.29, 0.717) is 19.5 Å². The minimum Gasteiger partial charge on any atom is -0.493 e. The summed E-state index contributed by atoms with van der Waals surface area (Å²) in [5.74, 6) is -0.0434. The molecule has 0 N–H and O–H groups in total. The van der Waals surface area contributed by atoms with Gasteiger partial charge in [-0.3, -0.25) is 9.69 Å². The van der Waals surface area contributed by atoms with Crippen LogP contribution in [0, 0.1) is 0 Å². The Kier molecular flexibility index (Phi) is 5.87. The summed E-state index contributed by atoms with van der Waals surface area (Å²) in [5.41, 5.74) is -0.741. The molecule has 128 valence electrons. The first-order chi connectivity index (χ1) is 10.9. The molecule has 1 aliphatic heterocycles. The number of carbonyl (C=O) groups excluding carboxylic acids is 1. The van der Waals surface area contributed by atoms with Crippen LogP contribution < -0.4 is 4.74 Å². The highest BCUT2D eigenvalue weighted by molar-refractivity contribution is 5.73. The molecule has 1 aromatic carbocycles. The number of amides is 1. The number of carbonyl (C=O) groups is 1. The van der Waals surface area contributed by atoms with Crippen molar-refractivity contribution in [3.05, 3.63) is 29.8 Å². The lowest BCUT2D eigenvalue weighted by atomic mass is 10.2. The first-order valence-electron chi connectivity index (χ1n) is 7.65. The van der Waals surface area contributed by atoms with Gasteiger partial charge in [-0.2, -0.15) is 13.2 Å². The third-order valence-corrected chi connectivity index (χ3v) is 3.89. The Morgan fingerprint density at radius 3 is 2.43 bits per heavy atom. The Morgan fingerprint density at radius 1 is 1.17 bits per heavy atom. The Labute approximate surface area is 133 Å². The molecule has 0 spiro atoms. The minimum absolute atomic E-state index is 0.0803. The molecule has 0 atom stereocenters. The summed E-state index contributed by atoms with van der Waals surface area (Å²) in [4.78, 5) is 15.2. The summed E-state index contributed by atoms with van der Waals surface area (Å²) >= 11 is 0. The molecule has 0 aliphatic carbocycles. The van der Waals surface area contributed by atoms with E-state index in [1.807, 2.05) is 0 Å². The first-order valence-corrected chi connectivity index (χ1v) is 7.65. The maximum atomic E-state index is 12.8. The number of benzene rings is 1. The Hall–Kier alpha value is -1.76. The Bertz CT molecular complexity index is 526. The molecular weight excluding hydrogens is 309 g/mol. The Morgan fingerprint density at radius 2 is 1.83 bits per heavy atom. The molecular formula is C16H21F3N2O2. The van der Waals surface area contributed by atoms with Gasteiger partial charge in [-0.05, 0) is 18.6 Å². The third kappa shape index (κ3) is 5.13. The molecule has 7 heteroatoms. The molecule has 4 nitrogen and oxygen atoms in total. The first kappa shape index (κ1) is 17.6. The van der Waals surface area contributed by atoms with Gasteiger partial charge in [0, 0.05) is 39.6 Å². The molecule has 0 radical (unpaired) electrons. The van der Waals surface area contributed by atoms with E-state index in [2.05, 4.69) is 4.90 Å². The lowest BCUT2D eigenvalue weighted by molar-refractivity contribution is -0.139. The average molecular weight is 330 g/mol. The molecule has 1 heterocycles. The fraction of sp³-hybridized carbons (Fsp3) is 0.562. The quantitative estimate of drug-likeness (QED) is 0.778. The number of halogens is 3. The number of para-hydroxylation sites is 1. The van der Waals surface area contributed by atoms with Crippen LogP contribution in [0.4, 0.5) is 13.2 Å². The van der Waals surface area contributed by atoms with Crippen LogP contribution in [0.25, 0.3) is 0 Å². The highest BCUT2D eigenvalue weighted by atomic mass is 19.4. The standard InChI is InChI=1S/C16H21F3N2O2/c1-13(22)21-10-8-20(9-11-21)7-4-12-23-15-6-3-2-5-14(15)16(17,18)19/h2-3,5-6H,4,7-12H2,1H3. The monoisotopic (exact) mass is 330 g/mol. The Balaban J connectivity index is 1.74. The molecule has 0 unspecified atom stereocenters. The number of rotatable bonds is 5. The number of hydrogen-bond acceptors (Lipinski definition) is 3. The van der Waals surface area contributed by atoms with E-state index >= 15 is 0 Å². The van der Waals surface area contributed by atoms with Crippen molar-refractivity contribution in [2.45, 2.75) is 19.5 Å². The molecule has 1 aromatic rings. The highest BCUT2D eigenvalue weighted by Gasteiger charge is 2.33. The van der Waals surface area contributed by atoms with Gasteiger partial charge in [0.1, 0.15) is 5.75 Å². The number of piperazine rings is 1. The summed E-state index contributed by atoms with van der Waals surface area (Å²) in [6.07, 6.45) is -3.76. The van der Waals surface area contributed by atoms with E-state index in [1.54, 1.807) is 11.8 Å². The van der Waals surface area contributed by atoms with Gasteiger partial charge in [-0.25, -0.2) is 0 Å². The van der Waals surface area contributed by atoms with Crippen LogP contribution in [-0.2, 0) is 11.0 Å². The zero-order chi connectivity index (χ0) is 16.9. The summed E-state index contributed by atoms with van der Waals surface area (Å²) < 4.78 is 43.8. The van der Waals surface area contributed by atoms with Gasteiger partial charge in [0.25, 0.3) is 0 Å². The van der Waals surface area contributed by atoms with Crippen molar-refractivity contribution in [1.29, 1.82) is 0 Å². The summed E-state index contributed by atoms with van der Waals surface area (Å²) in [5, 5.41) is 0. The van der Waals surface area contributed by atoms with Gasteiger partial charge < -0.3 is 9.64 Å². The number of alkyl halides is 3. The van der Waals surface area contributed by atoms with Gasteiger partial charge in [0.2, 0.25) is 5.91 Å². The van der Waals surface area contributed by atoms with Crippen LogP contribution >= 0.6 is 0 Å². The van der Waals surface area contributed by atoms with Crippen molar-refractivity contribution < 1.29 is 22.7 Å². The minimum atomic E-state index is -4.40. The van der Waals surface area contributed by atoms with Crippen LogP contribution in [-0.4, -0.2) is 55.0 Å². The molecule has 1 amide bonds. The average Bonchev–Trinajstić information content (AvgIpc) is 2.51. The normalized spacial score (nSPS) is 16.4. The topological polar surface area (TPSA) is 32.8 Å². The molecule has 2 rings (SSSR count). The van der Waals surface area contributed by atoms with Crippen molar-refractivity contribution in [2.24, 2.45) is 0 Å². The fourth-order valence-electron chi connectivity index (χ4n) is 2.58. The summed E-state index contributed by atoms with van der Waals surface area (Å²) in [6, 6.07) is 5.25. The SMILES string of the molecule is CC(=O)N1CCN(CCCOc2ccccc2C(F)(F)F)CC1. The van der Waals surface area contributed by atoms with Crippen LogP contribution in [0.15, 0.2) is 24.3 Å². The van der Waals surface area contributed by atoms with Crippen LogP contribution in [0.1, 0.15) is 18.9 Å². The van der Waals surface area contributed by atoms with Gasteiger partial charge in [0.05, 0.1) is 12.2 Å². The smallest absolute Gasteiger partial charge is 0.419 e. The zero-order valence-electron chi connectivity index (χ0n) is 13.1. The number of ether oxygens (including phenoxy) is 1. The lowest BCUT2D eigenvalue weighted by Crippen LogP contribution is -2.48. The van der Waals surface area contributed by atoms with E-state index < -0.39 is 11.7 Å². The van der Waals surface area contributed by atoms with E-state index in [-0.39, 0.29) is 18.3 Å². The van der Waals surface area contributed by atoms with Crippen molar-refractivity contribution >= 4 is 5.91 Å². The maximum Gasteiger partial charge on any atom is 0.419 e. The van der Waals surface area contributed by atoms with Gasteiger partial charge in [-0.15, -0.1) is 0 Å². The van der Waals surface area contributed by atoms with Crippen molar-refractivity contribution in [2.75, 3.05) is 39.3 Å². The van der Waals surface area contributed by atoms with Gasteiger partial charge >= 0.3 is 6.18 Å². The molecule has 0 bridgehead atoms. The van der Waals surface area contributed by atoms with Crippen LogP contribution in [0.2, 0.25) is 0 Å². The maximum absolute atomic E-state index is 12.8. The van der Waals surface area contributed by atoms with Crippen molar-refractivity contribution in [3.8, 4) is 5.75 Å². The molecule has 0 saturated carbocycles. The van der Waals surface area contributed by atoms with E-state index in [4.69, 9.17) is 4.74 Å². The lowest BCUT2D eigenvalue weighted by Gasteiger charge is -2.34. The zero-order valence-corrected chi connectivity index (χ0v) is 13.1. The van der Waals surface area contributed by atoms with Crippen LogP contribution in [0.5, 0.6) is 5.75 Å². The molecule has 23 heavy (non-hydrogen) atoms. The predicted molar refractivity (Wildman–Crippen MR) is 80.3 cm³/mol. The second-order valence-electron chi connectivity index (χ2n) is 5.54. The predicted octanol–water partition coefficient (Wildman–Crippen LogP) is 2.64. The van der Waals surface area contributed by atoms with E-state index in [1.165, 1.54) is 18.2 Å². The number of nitrogens with zero attached hydrogens (tertiary/aromatic N) is 2. The highest BCUT2D eigenvalue weighted by Crippen LogP contribution is 2.35. The summed E-state index contributed by atoms with van der Waals surface area (Å²) in [6.45, 7) is 5.53. The molecule has 0 aromatic heterocycles. The second kappa shape index (κ2) is 7.68. The van der Waals surface area contributed by atoms with Crippen molar-refractivity contribution in [1.82, 2.24) is 9.80 Å². The van der Waals surface area contributed by atoms with E-state index in [0.717, 1.165) is 25.7 Å². The molecule has 1 saturated heterocycles. The summed E-state index contributed by atoms with van der Waals surface area (Å²) in [7, 11) is 0. The third-order valence-electron chi connectivity index (χ3n) is 3.89. The second-order valence-corrected chi connectivity index (χ2v) is 5.54. The van der Waals surface area contributed by atoms with E-state index in [9.17, 15) is 18.0 Å². The molecule has 1 fully saturated rings.